The molecule has 8 heteroatoms. The van der Waals surface area contributed by atoms with E-state index in [9.17, 15) is 4.79 Å². The molecule has 0 unspecified atom stereocenters. The van der Waals surface area contributed by atoms with E-state index in [2.05, 4.69) is 26.4 Å². The van der Waals surface area contributed by atoms with Crippen LogP contribution in [0.15, 0.2) is 38.1 Å². The van der Waals surface area contributed by atoms with Crippen molar-refractivity contribution < 1.29 is 4.52 Å². The lowest BCUT2D eigenvalue weighted by molar-refractivity contribution is 0.438. The lowest BCUT2D eigenvalue weighted by Crippen LogP contribution is -2.21. The van der Waals surface area contributed by atoms with Crippen LogP contribution in [0, 0.1) is 4.77 Å². The maximum Gasteiger partial charge on any atom is 0.269 e. The van der Waals surface area contributed by atoms with Gasteiger partial charge in [0, 0.05) is 24.3 Å². The monoisotopic (exact) mass is 366 g/mol. The minimum absolute atomic E-state index is 0.242. The van der Waals surface area contributed by atoms with Gasteiger partial charge in [0.25, 0.3) is 5.56 Å². The maximum atomic E-state index is 12.4. The van der Waals surface area contributed by atoms with Crippen molar-refractivity contribution in [2.75, 3.05) is 5.32 Å². The molecule has 0 aliphatic rings. The Hall–Kier alpha value is -1.93. The number of hydrogen-bond acceptors (Lipinski definition) is 5. The third-order valence-electron chi connectivity index (χ3n) is 3.18. The van der Waals surface area contributed by atoms with Crippen LogP contribution < -0.4 is 10.9 Å². The molecule has 0 amide bonds. The van der Waals surface area contributed by atoms with E-state index in [-0.39, 0.29) is 5.56 Å². The lowest BCUT2D eigenvalue weighted by atomic mass is 10.3. The number of anilines is 2. The predicted octanol–water partition coefficient (Wildman–Crippen LogP) is 3.10. The summed E-state index contributed by atoms with van der Waals surface area (Å²) in [7, 11) is 3.36. The Morgan fingerprint density at radius 1 is 1.24 bits per heavy atom. The van der Waals surface area contributed by atoms with Gasteiger partial charge >= 0.3 is 0 Å². The standard InChI is InChI=1S/C13H11BrN4O2S/c1-17-11(19)9-10(15-8-5-3-7(14)4-6-8)16-20-12(9)18(2)13(17)21/h3-6H,1-2H3,(H,15,16). The molecule has 0 atom stereocenters. The van der Waals surface area contributed by atoms with Gasteiger partial charge in [0.1, 0.15) is 5.39 Å². The molecule has 108 valence electrons. The molecule has 21 heavy (non-hydrogen) atoms. The van der Waals surface area contributed by atoms with Crippen molar-refractivity contribution in [2.24, 2.45) is 14.1 Å². The van der Waals surface area contributed by atoms with Crippen LogP contribution in [0.2, 0.25) is 0 Å². The van der Waals surface area contributed by atoms with E-state index in [4.69, 9.17) is 16.7 Å². The second-order valence-corrected chi connectivity index (χ2v) is 5.83. The van der Waals surface area contributed by atoms with Crippen LogP contribution in [0.4, 0.5) is 11.5 Å². The molecule has 2 heterocycles. The number of nitrogens with zero attached hydrogens (tertiary/aromatic N) is 3. The van der Waals surface area contributed by atoms with Gasteiger partial charge in [-0.2, -0.15) is 0 Å². The fourth-order valence-electron chi connectivity index (χ4n) is 2.02. The fourth-order valence-corrected chi connectivity index (χ4v) is 2.46. The second-order valence-electron chi connectivity index (χ2n) is 4.55. The summed E-state index contributed by atoms with van der Waals surface area (Å²) in [5.74, 6) is 0.374. The summed E-state index contributed by atoms with van der Waals surface area (Å²) < 4.78 is 9.60. The molecule has 0 bridgehead atoms. The fraction of sp³-hybridized carbons (Fsp3) is 0.154. The number of aryl methyl sites for hydroxylation is 1. The first-order valence-electron chi connectivity index (χ1n) is 6.07. The average molecular weight is 367 g/mol. The van der Waals surface area contributed by atoms with Crippen LogP contribution in [0.3, 0.4) is 0 Å². The third-order valence-corrected chi connectivity index (χ3v) is 4.25. The molecule has 1 aromatic carbocycles. The lowest BCUT2D eigenvalue weighted by Gasteiger charge is -2.05. The van der Waals surface area contributed by atoms with Crippen molar-refractivity contribution in [3.63, 3.8) is 0 Å². The number of aromatic nitrogens is 3. The number of rotatable bonds is 2. The Labute approximate surface area is 133 Å². The van der Waals surface area contributed by atoms with Gasteiger partial charge in [-0.25, -0.2) is 0 Å². The summed E-state index contributed by atoms with van der Waals surface area (Å²) in [5, 5.41) is 7.39. The molecule has 2 aromatic heterocycles. The normalized spacial score (nSPS) is 11.0. The number of nitrogens with one attached hydrogen (secondary N) is 1. The maximum absolute atomic E-state index is 12.4. The third kappa shape index (κ3) is 2.30. The molecular weight excluding hydrogens is 356 g/mol. The topological polar surface area (TPSA) is 65.0 Å². The van der Waals surface area contributed by atoms with E-state index in [0.717, 1.165) is 10.2 Å². The van der Waals surface area contributed by atoms with Gasteiger partial charge in [0.05, 0.1) is 0 Å². The molecular formula is C13H11BrN4O2S. The molecule has 0 aliphatic carbocycles. The highest BCUT2D eigenvalue weighted by atomic mass is 79.9. The van der Waals surface area contributed by atoms with Crippen molar-refractivity contribution in [2.45, 2.75) is 0 Å². The summed E-state index contributed by atoms with van der Waals surface area (Å²) in [6.07, 6.45) is 0. The first-order valence-corrected chi connectivity index (χ1v) is 7.27. The minimum Gasteiger partial charge on any atom is -0.337 e. The SMILES string of the molecule is Cn1c(=O)c2c(Nc3ccc(Br)cc3)noc2n(C)c1=S. The zero-order valence-electron chi connectivity index (χ0n) is 11.3. The molecule has 0 spiro atoms. The van der Waals surface area contributed by atoms with Crippen molar-refractivity contribution in [3.8, 4) is 0 Å². The van der Waals surface area contributed by atoms with Gasteiger partial charge in [-0.3, -0.25) is 13.9 Å². The molecule has 3 rings (SSSR count). The van der Waals surface area contributed by atoms with Gasteiger partial charge in [-0.05, 0) is 36.5 Å². The van der Waals surface area contributed by atoms with Gasteiger partial charge in [0.15, 0.2) is 10.6 Å². The Bertz CT molecular complexity index is 940. The van der Waals surface area contributed by atoms with E-state index >= 15 is 0 Å². The smallest absolute Gasteiger partial charge is 0.269 e. The summed E-state index contributed by atoms with van der Waals surface area (Å²) in [6.45, 7) is 0. The zero-order valence-corrected chi connectivity index (χ0v) is 13.7. The predicted molar refractivity (Wildman–Crippen MR) is 86.5 cm³/mol. The Morgan fingerprint density at radius 2 is 1.90 bits per heavy atom. The quantitative estimate of drug-likeness (QED) is 0.706. The summed E-state index contributed by atoms with van der Waals surface area (Å²) >= 11 is 8.55. The van der Waals surface area contributed by atoms with Crippen LogP contribution in [-0.4, -0.2) is 14.3 Å². The van der Waals surface area contributed by atoms with Gasteiger partial charge in [-0.15, -0.1) is 0 Å². The molecule has 0 saturated heterocycles. The Balaban J connectivity index is 2.19. The van der Waals surface area contributed by atoms with Crippen LogP contribution in [0.1, 0.15) is 0 Å². The molecule has 6 nitrogen and oxygen atoms in total. The molecule has 0 fully saturated rings. The van der Waals surface area contributed by atoms with Crippen LogP contribution in [-0.2, 0) is 14.1 Å². The summed E-state index contributed by atoms with van der Waals surface area (Å²) in [4.78, 5) is 12.4. The van der Waals surface area contributed by atoms with E-state index in [0.29, 0.717) is 21.7 Å². The summed E-state index contributed by atoms with van der Waals surface area (Å²) in [5.41, 5.74) is 0.914. The molecule has 0 saturated carbocycles. The second kappa shape index (κ2) is 5.12. The number of halogens is 1. The largest absolute Gasteiger partial charge is 0.337 e. The van der Waals surface area contributed by atoms with Crippen LogP contribution >= 0.6 is 28.1 Å². The van der Waals surface area contributed by atoms with Crippen molar-refractivity contribution in [1.82, 2.24) is 14.3 Å². The molecule has 3 aromatic rings. The first-order chi connectivity index (χ1) is 9.99. The highest BCUT2D eigenvalue weighted by molar-refractivity contribution is 9.10. The molecule has 0 radical (unpaired) electrons. The van der Waals surface area contributed by atoms with E-state index in [1.165, 1.54) is 4.57 Å². The zero-order chi connectivity index (χ0) is 15.1. The van der Waals surface area contributed by atoms with Gasteiger partial charge < -0.3 is 9.84 Å². The van der Waals surface area contributed by atoms with Crippen molar-refractivity contribution in [1.29, 1.82) is 0 Å². The average Bonchev–Trinajstić information content (AvgIpc) is 2.89. The van der Waals surface area contributed by atoms with Crippen LogP contribution in [0.5, 0.6) is 0 Å². The highest BCUT2D eigenvalue weighted by Gasteiger charge is 2.17. The van der Waals surface area contributed by atoms with Crippen molar-refractivity contribution >= 4 is 50.8 Å². The van der Waals surface area contributed by atoms with E-state index in [1.54, 1.807) is 18.7 Å². The van der Waals surface area contributed by atoms with Crippen molar-refractivity contribution in [3.05, 3.63) is 43.9 Å². The van der Waals surface area contributed by atoms with Gasteiger partial charge in [0.2, 0.25) is 5.71 Å². The van der Waals surface area contributed by atoms with E-state index in [1.807, 2.05) is 24.3 Å². The molecule has 1 N–H and O–H groups in total. The highest BCUT2D eigenvalue weighted by Crippen LogP contribution is 2.23. The molecule has 0 aliphatic heterocycles. The Kier molecular flexibility index (Phi) is 3.42. The minimum atomic E-state index is -0.242. The summed E-state index contributed by atoms with van der Waals surface area (Å²) in [6, 6.07) is 7.53. The number of benzene rings is 1. The number of hydrogen-bond donors (Lipinski definition) is 1. The first kappa shape index (κ1) is 14.0. The van der Waals surface area contributed by atoms with E-state index < -0.39 is 0 Å². The number of fused-ring (bicyclic) bond motifs is 1. The van der Waals surface area contributed by atoms with Crippen LogP contribution in [0.25, 0.3) is 11.1 Å². The Morgan fingerprint density at radius 3 is 2.57 bits per heavy atom. The van der Waals surface area contributed by atoms with Gasteiger partial charge in [-0.1, -0.05) is 21.1 Å².